The van der Waals surface area contributed by atoms with Gasteiger partial charge in [0.2, 0.25) is 0 Å². The highest BCUT2D eigenvalue weighted by Crippen LogP contribution is 2.28. The highest BCUT2D eigenvalue weighted by Gasteiger charge is 2.19. The number of nitrogens with one attached hydrogen (secondary N) is 1. The third-order valence-electron chi connectivity index (χ3n) is 4.75. The molecule has 2 atom stereocenters. The Morgan fingerprint density at radius 3 is 2.92 bits per heavy atom. The van der Waals surface area contributed by atoms with E-state index in [1.165, 1.54) is 17.5 Å². The molecule has 0 aliphatic heterocycles. The van der Waals surface area contributed by atoms with E-state index in [9.17, 15) is 5.11 Å². The molecule has 1 aliphatic rings. The third kappa shape index (κ3) is 4.29. The van der Waals surface area contributed by atoms with Crippen molar-refractivity contribution in [1.82, 2.24) is 5.32 Å². The zero-order chi connectivity index (χ0) is 16.9. The fourth-order valence-electron chi connectivity index (χ4n) is 3.37. The highest BCUT2D eigenvalue weighted by molar-refractivity contribution is 6.30. The number of rotatable bonds is 6. The molecule has 0 bridgehead atoms. The van der Waals surface area contributed by atoms with E-state index in [1.54, 1.807) is 7.11 Å². The third-order valence-corrected chi connectivity index (χ3v) is 4.98. The monoisotopic (exact) mass is 345 g/mol. The summed E-state index contributed by atoms with van der Waals surface area (Å²) in [6, 6.07) is 13.8. The molecule has 0 fully saturated rings. The molecule has 0 amide bonds. The van der Waals surface area contributed by atoms with Crippen LogP contribution < -0.4 is 10.1 Å². The van der Waals surface area contributed by atoms with Crippen molar-refractivity contribution in [3.63, 3.8) is 0 Å². The molecule has 0 saturated heterocycles. The van der Waals surface area contributed by atoms with Crippen LogP contribution in [-0.2, 0) is 12.8 Å². The summed E-state index contributed by atoms with van der Waals surface area (Å²) in [5, 5.41) is 14.3. The van der Waals surface area contributed by atoms with Crippen LogP contribution in [0.3, 0.4) is 0 Å². The van der Waals surface area contributed by atoms with Crippen molar-refractivity contribution in [2.45, 2.75) is 25.4 Å². The van der Waals surface area contributed by atoms with Crippen molar-refractivity contribution >= 4 is 11.6 Å². The zero-order valence-corrected chi connectivity index (χ0v) is 14.7. The number of halogens is 1. The van der Waals surface area contributed by atoms with Gasteiger partial charge in [-0.3, -0.25) is 0 Å². The van der Waals surface area contributed by atoms with E-state index in [0.717, 1.165) is 30.7 Å². The maximum atomic E-state index is 10.3. The number of methoxy groups -OCH3 is 1. The van der Waals surface area contributed by atoms with E-state index in [4.69, 9.17) is 16.3 Å². The van der Waals surface area contributed by atoms with Crippen LogP contribution in [0, 0.1) is 5.92 Å². The molecule has 0 saturated carbocycles. The van der Waals surface area contributed by atoms with Crippen molar-refractivity contribution in [2.75, 3.05) is 20.2 Å². The van der Waals surface area contributed by atoms with Crippen LogP contribution in [-0.4, -0.2) is 25.3 Å². The van der Waals surface area contributed by atoms with Crippen molar-refractivity contribution in [1.29, 1.82) is 0 Å². The summed E-state index contributed by atoms with van der Waals surface area (Å²) in [5.41, 5.74) is 3.68. The number of aryl methyl sites for hydroxylation is 1. The molecule has 2 aromatic rings. The van der Waals surface area contributed by atoms with Crippen LogP contribution in [0.5, 0.6) is 5.75 Å². The molecular weight excluding hydrogens is 322 g/mol. The smallest absolute Gasteiger partial charge is 0.119 e. The molecule has 0 spiro atoms. The van der Waals surface area contributed by atoms with Gasteiger partial charge in [-0.25, -0.2) is 0 Å². The van der Waals surface area contributed by atoms with Gasteiger partial charge in [0, 0.05) is 11.6 Å². The molecule has 0 aromatic heterocycles. The summed E-state index contributed by atoms with van der Waals surface area (Å²) in [6.07, 6.45) is 2.83. The molecule has 4 heteroatoms. The van der Waals surface area contributed by atoms with Crippen LogP contribution in [0.1, 0.15) is 29.2 Å². The Hall–Kier alpha value is -1.55. The normalized spacial score (nSPS) is 18.0. The Balaban J connectivity index is 1.50. The first-order chi connectivity index (χ1) is 11.7. The molecule has 3 nitrogen and oxygen atoms in total. The first-order valence-electron chi connectivity index (χ1n) is 8.45. The van der Waals surface area contributed by atoms with Crippen molar-refractivity contribution in [2.24, 2.45) is 5.92 Å². The number of aliphatic hydroxyl groups is 1. The van der Waals surface area contributed by atoms with Crippen LogP contribution in [0.2, 0.25) is 5.02 Å². The van der Waals surface area contributed by atoms with Gasteiger partial charge in [0.1, 0.15) is 5.75 Å². The number of fused-ring (bicyclic) bond motifs is 1. The molecule has 24 heavy (non-hydrogen) atoms. The lowest BCUT2D eigenvalue weighted by atomic mass is 9.83. The molecule has 0 unspecified atom stereocenters. The standard InChI is InChI=1S/C20H24ClNO2/c1-24-19-8-7-15-6-5-14(9-17(15)11-19)12-22-13-20(23)16-3-2-4-18(21)10-16/h2-4,7-8,10-11,14,20,22-23H,5-6,9,12-13H2,1H3/t14-,20+/m1/s1. The SMILES string of the molecule is COc1ccc2c(c1)C[C@H](CNC[C@H](O)c1cccc(Cl)c1)CC2. The minimum Gasteiger partial charge on any atom is -0.497 e. The fourth-order valence-corrected chi connectivity index (χ4v) is 3.56. The van der Waals surface area contributed by atoms with Gasteiger partial charge in [0.25, 0.3) is 0 Å². The van der Waals surface area contributed by atoms with Gasteiger partial charge >= 0.3 is 0 Å². The molecule has 128 valence electrons. The van der Waals surface area contributed by atoms with E-state index in [-0.39, 0.29) is 0 Å². The topological polar surface area (TPSA) is 41.5 Å². The van der Waals surface area contributed by atoms with E-state index in [1.807, 2.05) is 30.3 Å². The second kappa shape index (κ2) is 8.02. The zero-order valence-electron chi connectivity index (χ0n) is 14.0. The second-order valence-corrected chi connectivity index (χ2v) is 6.91. The van der Waals surface area contributed by atoms with E-state index < -0.39 is 6.10 Å². The summed E-state index contributed by atoms with van der Waals surface area (Å²) in [6.45, 7) is 1.45. The van der Waals surface area contributed by atoms with Crippen molar-refractivity contribution in [3.8, 4) is 5.75 Å². The minimum atomic E-state index is -0.528. The summed E-state index contributed by atoms with van der Waals surface area (Å²) in [5.74, 6) is 1.52. The van der Waals surface area contributed by atoms with Crippen LogP contribution in [0.4, 0.5) is 0 Å². The number of hydrogen-bond acceptors (Lipinski definition) is 3. The number of benzene rings is 2. The molecule has 0 heterocycles. The van der Waals surface area contributed by atoms with Gasteiger partial charge in [-0.15, -0.1) is 0 Å². The number of ether oxygens (including phenoxy) is 1. The van der Waals surface area contributed by atoms with Gasteiger partial charge in [0.05, 0.1) is 13.2 Å². The fraction of sp³-hybridized carbons (Fsp3) is 0.400. The summed E-state index contributed by atoms with van der Waals surface area (Å²) < 4.78 is 5.33. The Labute approximate surface area is 148 Å². The van der Waals surface area contributed by atoms with Crippen molar-refractivity contribution in [3.05, 3.63) is 64.2 Å². The van der Waals surface area contributed by atoms with E-state index >= 15 is 0 Å². The predicted molar refractivity (Wildman–Crippen MR) is 97.8 cm³/mol. The molecule has 1 aliphatic carbocycles. The molecular formula is C20H24ClNO2. The van der Waals surface area contributed by atoms with E-state index in [0.29, 0.717) is 17.5 Å². The van der Waals surface area contributed by atoms with E-state index in [2.05, 4.69) is 17.4 Å². The van der Waals surface area contributed by atoms with Crippen LogP contribution >= 0.6 is 11.6 Å². The number of aliphatic hydroxyl groups excluding tert-OH is 1. The van der Waals surface area contributed by atoms with Gasteiger partial charge in [0.15, 0.2) is 0 Å². The average molecular weight is 346 g/mol. The Kier molecular flexibility index (Phi) is 5.77. The van der Waals surface area contributed by atoms with Crippen LogP contribution in [0.15, 0.2) is 42.5 Å². The highest BCUT2D eigenvalue weighted by atomic mass is 35.5. The van der Waals surface area contributed by atoms with Crippen molar-refractivity contribution < 1.29 is 9.84 Å². The lowest BCUT2D eigenvalue weighted by Crippen LogP contribution is -2.30. The molecule has 0 radical (unpaired) electrons. The lowest BCUT2D eigenvalue weighted by Gasteiger charge is -2.25. The average Bonchev–Trinajstić information content (AvgIpc) is 2.61. The quantitative estimate of drug-likeness (QED) is 0.837. The first-order valence-corrected chi connectivity index (χ1v) is 8.83. The second-order valence-electron chi connectivity index (χ2n) is 6.47. The summed E-state index contributed by atoms with van der Waals surface area (Å²) >= 11 is 5.98. The lowest BCUT2D eigenvalue weighted by molar-refractivity contribution is 0.172. The maximum absolute atomic E-state index is 10.3. The number of hydrogen-bond donors (Lipinski definition) is 2. The maximum Gasteiger partial charge on any atom is 0.119 e. The molecule has 2 aromatic carbocycles. The van der Waals surface area contributed by atoms with Gasteiger partial charge in [-0.05, 0) is 72.7 Å². The largest absolute Gasteiger partial charge is 0.497 e. The Morgan fingerprint density at radius 2 is 2.12 bits per heavy atom. The van der Waals surface area contributed by atoms with Gasteiger partial charge < -0.3 is 15.2 Å². The first kappa shape index (κ1) is 17.3. The summed E-state index contributed by atoms with van der Waals surface area (Å²) in [7, 11) is 1.71. The summed E-state index contributed by atoms with van der Waals surface area (Å²) in [4.78, 5) is 0. The molecule has 2 N–H and O–H groups in total. The van der Waals surface area contributed by atoms with Gasteiger partial charge in [-0.2, -0.15) is 0 Å². The minimum absolute atomic E-state index is 0.528. The van der Waals surface area contributed by atoms with Crippen LogP contribution in [0.25, 0.3) is 0 Å². The Morgan fingerprint density at radius 1 is 1.25 bits per heavy atom. The Bertz CT molecular complexity index is 689. The predicted octanol–water partition coefficient (Wildman–Crippen LogP) is 3.78. The molecule has 3 rings (SSSR count). The van der Waals surface area contributed by atoms with Gasteiger partial charge in [-0.1, -0.05) is 29.8 Å².